The van der Waals surface area contributed by atoms with Crippen LogP contribution in [0.1, 0.15) is 29.8 Å². The van der Waals surface area contributed by atoms with Gasteiger partial charge in [-0.15, -0.1) is 0 Å². The molecule has 0 heterocycles. The number of carboxylic acids is 1. The molecule has 8 nitrogen and oxygen atoms in total. The van der Waals surface area contributed by atoms with Gasteiger partial charge in [-0.25, -0.2) is 13.2 Å². The molecule has 0 unspecified atom stereocenters. The molecule has 0 aromatic heterocycles. The minimum absolute atomic E-state index is 0.0118. The molecule has 9 heteroatoms. The van der Waals surface area contributed by atoms with Crippen molar-refractivity contribution in [1.82, 2.24) is 4.72 Å². The lowest BCUT2D eigenvalue weighted by atomic mass is 10.1. The van der Waals surface area contributed by atoms with E-state index in [2.05, 4.69) is 4.72 Å². The Morgan fingerprint density at radius 3 is 2.09 bits per heavy atom. The van der Waals surface area contributed by atoms with Crippen LogP contribution in [0.4, 0.5) is 0 Å². The van der Waals surface area contributed by atoms with Crippen molar-refractivity contribution in [3.8, 4) is 16.9 Å². The van der Waals surface area contributed by atoms with Crippen LogP contribution in [-0.4, -0.2) is 38.6 Å². The summed E-state index contributed by atoms with van der Waals surface area (Å²) in [5.74, 6) is -1.40. The first-order chi connectivity index (χ1) is 16.6. The largest absolute Gasteiger partial charge is 0.489 e. The van der Waals surface area contributed by atoms with E-state index < -0.39 is 33.9 Å². The summed E-state index contributed by atoms with van der Waals surface area (Å²) >= 11 is 0. The van der Waals surface area contributed by atoms with Crippen LogP contribution in [0.5, 0.6) is 5.75 Å². The van der Waals surface area contributed by atoms with Crippen molar-refractivity contribution in [2.24, 2.45) is 5.92 Å². The lowest BCUT2D eigenvalue weighted by molar-refractivity contribution is -0.140. The molecule has 0 spiro atoms. The summed E-state index contributed by atoms with van der Waals surface area (Å²) in [6.45, 7) is 3.55. The molecule has 1 atom stereocenters. The summed E-state index contributed by atoms with van der Waals surface area (Å²) in [7, 11) is -2.65. The summed E-state index contributed by atoms with van der Waals surface area (Å²) in [6.07, 6.45) is 0. The molecule has 0 aliphatic heterocycles. The molecular weight excluding hydrogens is 470 g/mol. The zero-order valence-corrected chi connectivity index (χ0v) is 20.4. The maximum atomic E-state index is 12.6. The summed E-state index contributed by atoms with van der Waals surface area (Å²) in [6, 6.07) is 19.3. The lowest BCUT2D eigenvalue weighted by Crippen LogP contribution is -2.44. The maximum Gasteiger partial charge on any atom is 0.337 e. The minimum atomic E-state index is -3.98. The third-order valence-electron chi connectivity index (χ3n) is 5.32. The molecule has 0 bridgehead atoms. The number of sulfonamides is 1. The van der Waals surface area contributed by atoms with Gasteiger partial charge in [-0.05, 0) is 59.0 Å². The van der Waals surface area contributed by atoms with Gasteiger partial charge in [0, 0.05) is 0 Å². The zero-order valence-electron chi connectivity index (χ0n) is 19.6. The number of carboxylic acid groups (broad SMARTS) is 1. The number of ether oxygens (including phenoxy) is 2. The summed E-state index contributed by atoms with van der Waals surface area (Å²) < 4.78 is 38.0. The van der Waals surface area contributed by atoms with Crippen LogP contribution in [0.25, 0.3) is 11.1 Å². The Morgan fingerprint density at radius 2 is 1.54 bits per heavy atom. The van der Waals surface area contributed by atoms with Crippen molar-refractivity contribution in [3.05, 3.63) is 83.9 Å². The maximum absolute atomic E-state index is 12.6. The van der Waals surface area contributed by atoms with Gasteiger partial charge in [-0.2, -0.15) is 4.72 Å². The monoisotopic (exact) mass is 497 g/mol. The molecule has 3 aromatic carbocycles. The smallest absolute Gasteiger partial charge is 0.337 e. The second kappa shape index (κ2) is 11.2. The molecule has 0 aliphatic carbocycles. The summed E-state index contributed by atoms with van der Waals surface area (Å²) in [5.41, 5.74) is 2.92. The molecule has 0 aliphatic rings. The van der Waals surface area contributed by atoms with Gasteiger partial charge in [-0.3, -0.25) is 4.79 Å². The number of benzene rings is 3. The molecule has 2 N–H and O–H groups in total. The summed E-state index contributed by atoms with van der Waals surface area (Å²) in [4.78, 5) is 23.0. The Balaban J connectivity index is 1.67. The van der Waals surface area contributed by atoms with Crippen molar-refractivity contribution >= 4 is 22.0 Å². The van der Waals surface area contributed by atoms with Gasteiger partial charge in [0.2, 0.25) is 10.0 Å². The number of rotatable bonds is 10. The molecule has 3 aromatic rings. The highest BCUT2D eigenvalue weighted by Gasteiger charge is 2.27. The van der Waals surface area contributed by atoms with Gasteiger partial charge in [0.15, 0.2) is 0 Å². The van der Waals surface area contributed by atoms with Gasteiger partial charge in [0.25, 0.3) is 0 Å². The highest BCUT2D eigenvalue weighted by atomic mass is 32.2. The number of methoxy groups -OCH3 is 1. The van der Waals surface area contributed by atoms with Gasteiger partial charge in [0.1, 0.15) is 18.4 Å². The van der Waals surface area contributed by atoms with E-state index in [0.29, 0.717) is 11.3 Å². The molecule has 184 valence electrons. The van der Waals surface area contributed by atoms with Gasteiger partial charge < -0.3 is 14.6 Å². The van der Waals surface area contributed by atoms with E-state index in [1.54, 1.807) is 56.3 Å². The zero-order chi connectivity index (χ0) is 25.6. The second-order valence-electron chi connectivity index (χ2n) is 8.21. The van der Waals surface area contributed by atoms with Crippen LogP contribution in [0, 0.1) is 5.92 Å². The molecule has 3 rings (SSSR count). The number of esters is 1. The van der Waals surface area contributed by atoms with Gasteiger partial charge >= 0.3 is 11.9 Å². The Morgan fingerprint density at radius 1 is 0.943 bits per heavy atom. The number of nitrogens with one attached hydrogen (secondary N) is 1. The average Bonchev–Trinajstić information content (AvgIpc) is 2.86. The van der Waals surface area contributed by atoms with E-state index >= 15 is 0 Å². The highest BCUT2D eigenvalue weighted by Crippen LogP contribution is 2.25. The third-order valence-corrected chi connectivity index (χ3v) is 6.78. The highest BCUT2D eigenvalue weighted by molar-refractivity contribution is 7.89. The topological polar surface area (TPSA) is 119 Å². The van der Waals surface area contributed by atoms with E-state index in [4.69, 9.17) is 9.47 Å². The molecular formula is C26H27NO7S. The third kappa shape index (κ3) is 6.68. The van der Waals surface area contributed by atoms with E-state index in [9.17, 15) is 23.1 Å². The van der Waals surface area contributed by atoms with Crippen LogP contribution < -0.4 is 9.46 Å². The molecule has 0 amide bonds. The number of hydrogen-bond acceptors (Lipinski definition) is 6. The summed E-state index contributed by atoms with van der Waals surface area (Å²) in [5, 5.41) is 9.26. The molecule has 0 saturated heterocycles. The Bertz CT molecular complexity index is 1280. The molecule has 0 saturated carbocycles. The van der Waals surface area contributed by atoms with Crippen LogP contribution in [0.15, 0.2) is 77.7 Å². The Hall–Kier alpha value is -3.69. The number of hydrogen-bond donors (Lipinski definition) is 2. The quantitative estimate of drug-likeness (QED) is 0.405. The van der Waals surface area contributed by atoms with Crippen LogP contribution in [-0.2, 0) is 26.2 Å². The van der Waals surface area contributed by atoms with Gasteiger partial charge in [0.05, 0.1) is 17.6 Å². The predicted molar refractivity (Wildman–Crippen MR) is 131 cm³/mol. The first kappa shape index (κ1) is 25.9. The Labute approximate surface area is 204 Å². The van der Waals surface area contributed by atoms with E-state index in [1.807, 2.05) is 18.2 Å². The second-order valence-corrected chi connectivity index (χ2v) is 9.92. The standard InChI is InChI=1S/C26H27NO7S/c1-17(2)24(25(28)29)27-35(31,32)23-13-9-20(10-14-23)19-7-11-22(12-8-19)34-16-18-5-4-6-21(15-18)26(30)33-3/h4-15,17,24,27H,16H2,1-3H3,(H,28,29)/t24-/m1/s1. The van der Waals surface area contributed by atoms with Crippen LogP contribution in [0.2, 0.25) is 0 Å². The fraction of sp³-hybridized carbons (Fsp3) is 0.231. The SMILES string of the molecule is COC(=O)c1cccc(COc2ccc(-c3ccc(S(=O)(=O)N[C@@H](C(=O)O)C(C)C)cc3)cc2)c1. The number of aliphatic carboxylic acids is 1. The predicted octanol–water partition coefficient (Wildman–Crippen LogP) is 4.11. The van der Waals surface area contributed by atoms with Crippen molar-refractivity contribution in [2.75, 3.05) is 7.11 Å². The average molecular weight is 498 g/mol. The fourth-order valence-corrected chi connectivity index (χ4v) is 4.69. The number of carbonyl (C=O) groups excluding carboxylic acids is 1. The molecule has 0 radical (unpaired) electrons. The van der Waals surface area contributed by atoms with E-state index in [1.165, 1.54) is 19.2 Å². The minimum Gasteiger partial charge on any atom is -0.489 e. The van der Waals surface area contributed by atoms with Crippen molar-refractivity contribution < 1.29 is 32.6 Å². The molecule has 35 heavy (non-hydrogen) atoms. The van der Waals surface area contributed by atoms with E-state index in [-0.39, 0.29) is 11.5 Å². The lowest BCUT2D eigenvalue weighted by Gasteiger charge is -2.18. The first-order valence-corrected chi connectivity index (χ1v) is 12.3. The first-order valence-electron chi connectivity index (χ1n) is 10.9. The van der Waals surface area contributed by atoms with Crippen molar-refractivity contribution in [1.29, 1.82) is 0 Å². The van der Waals surface area contributed by atoms with E-state index in [0.717, 1.165) is 16.7 Å². The van der Waals surface area contributed by atoms with Crippen LogP contribution in [0.3, 0.4) is 0 Å². The van der Waals surface area contributed by atoms with Crippen LogP contribution >= 0.6 is 0 Å². The Kier molecular flexibility index (Phi) is 8.26. The van der Waals surface area contributed by atoms with Gasteiger partial charge in [-0.1, -0.05) is 50.2 Å². The van der Waals surface area contributed by atoms with Crippen molar-refractivity contribution in [2.45, 2.75) is 31.4 Å². The number of carbonyl (C=O) groups is 2. The molecule has 0 fully saturated rings. The fourth-order valence-electron chi connectivity index (χ4n) is 3.35. The van der Waals surface area contributed by atoms with Crippen molar-refractivity contribution in [3.63, 3.8) is 0 Å². The normalized spacial score (nSPS) is 12.2.